The third-order valence-corrected chi connectivity index (χ3v) is 2.83. The van der Waals surface area contributed by atoms with E-state index in [1.54, 1.807) is 41.5 Å². The van der Waals surface area contributed by atoms with E-state index in [-0.39, 0.29) is 5.91 Å². The summed E-state index contributed by atoms with van der Waals surface area (Å²) in [7, 11) is 0. The van der Waals surface area contributed by atoms with Crippen LogP contribution in [-0.4, -0.2) is 17.4 Å². The number of hydrogen-bond acceptors (Lipinski definition) is 3. The van der Waals surface area contributed by atoms with Gasteiger partial charge in [0.2, 0.25) is 0 Å². The molecule has 0 bridgehead atoms. The first kappa shape index (κ1) is 12.9. The molecule has 1 amide bonds. The van der Waals surface area contributed by atoms with Gasteiger partial charge in [0.15, 0.2) is 0 Å². The molecular formula is C15H14N2O2. The van der Waals surface area contributed by atoms with Gasteiger partial charge in [0.25, 0.3) is 5.91 Å². The van der Waals surface area contributed by atoms with Crippen LogP contribution in [0.25, 0.3) is 0 Å². The summed E-state index contributed by atoms with van der Waals surface area (Å²) in [5.41, 5.74) is 1.01. The highest BCUT2D eigenvalue weighted by Gasteiger charge is 2.15. The Labute approximate surface area is 111 Å². The molecule has 0 aliphatic carbocycles. The van der Waals surface area contributed by atoms with E-state index in [2.05, 4.69) is 0 Å². The zero-order valence-electron chi connectivity index (χ0n) is 10.7. The van der Waals surface area contributed by atoms with Gasteiger partial charge in [-0.05, 0) is 37.3 Å². The molecule has 1 heterocycles. The van der Waals surface area contributed by atoms with E-state index >= 15 is 0 Å². The van der Waals surface area contributed by atoms with Crippen LogP contribution in [0.4, 0.5) is 0 Å². The van der Waals surface area contributed by atoms with Crippen molar-refractivity contribution >= 4 is 5.91 Å². The largest absolute Gasteiger partial charge is 0.467 e. The molecule has 19 heavy (non-hydrogen) atoms. The van der Waals surface area contributed by atoms with E-state index in [0.717, 1.165) is 5.76 Å². The molecule has 0 fully saturated rings. The molecule has 0 aliphatic heterocycles. The van der Waals surface area contributed by atoms with E-state index in [1.165, 1.54) is 0 Å². The topological polar surface area (TPSA) is 57.2 Å². The van der Waals surface area contributed by atoms with Gasteiger partial charge in [-0.25, -0.2) is 0 Å². The average Bonchev–Trinajstić information content (AvgIpc) is 2.97. The molecule has 2 aromatic rings. The number of furan rings is 1. The van der Waals surface area contributed by atoms with Crippen molar-refractivity contribution in [2.45, 2.75) is 13.5 Å². The molecule has 0 spiro atoms. The van der Waals surface area contributed by atoms with Gasteiger partial charge in [-0.1, -0.05) is 6.07 Å². The Hall–Kier alpha value is -2.54. The monoisotopic (exact) mass is 254 g/mol. The van der Waals surface area contributed by atoms with Gasteiger partial charge in [-0.15, -0.1) is 0 Å². The second-order valence-corrected chi connectivity index (χ2v) is 4.09. The van der Waals surface area contributed by atoms with Crippen LogP contribution in [0.1, 0.15) is 28.6 Å². The van der Waals surface area contributed by atoms with Crippen LogP contribution in [0.3, 0.4) is 0 Å². The molecular weight excluding hydrogens is 240 g/mol. The van der Waals surface area contributed by atoms with Crippen LogP contribution >= 0.6 is 0 Å². The number of carbonyl (C=O) groups excluding carboxylic acids is 1. The zero-order chi connectivity index (χ0) is 13.7. The van der Waals surface area contributed by atoms with E-state index in [9.17, 15) is 4.79 Å². The van der Waals surface area contributed by atoms with Crippen LogP contribution < -0.4 is 0 Å². The number of carbonyl (C=O) groups is 1. The first-order valence-corrected chi connectivity index (χ1v) is 6.06. The minimum absolute atomic E-state index is 0.101. The van der Waals surface area contributed by atoms with Gasteiger partial charge < -0.3 is 9.32 Å². The SMILES string of the molecule is CCN(Cc1ccco1)C(=O)c1cccc(C#N)c1. The lowest BCUT2D eigenvalue weighted by Gasteiger charge is -2.19. The Morgan fingerprint density at radius 2 is 2.21 bits per heavy atom. The van der Waals surface area contributed by atoms with Gasteiger partial charge in [-0.2, -0.15) is 5.26 Å². The summed E-state index contributed by atoms with van der Waals surface area (Å²) >= 11 is 0. The van der Waals surface area contributed by atoms with Crippen molar-refractivity contribution in [3.63, 3.8) is 0 Å². The minimum Gasteiger partial charge on any atom is -0.467 e. The van der Waals surface area contributed by atoms with Crippen LogP contribution in [-0.2, 0) is 6.54 Å². The van der Waals surface area contributed by atoms with E-state index in [1.807, 2.05) is 19.1 Å². The van der Waals surface area contributed by atoms with Crippen molar-refractivity contribution in [2.75, 3.05) is 6.54 Å². The molecule has 0 aliphatic rings. The van der Waals surface area contributed by atoms with Crippen molar-refractivity contribution in [1.29, 1.82) is 5.26 Å². The maximum atomic E-state index is 12.3. The first-order chi connectivity index (χ1) is 9.24. The van der Waals surface area contributed by atoms with E-state index in [4.69, 9.17) is 9.68 Å². The van der Waals surface area contributed by atoms with Gasteiger partial charge >= 0.3 is 0 Å². The van der Waals surface area contributed by atoms with Gasteiger partial charge in [-0.3, -0.25) is 4.79 Å². The summed E-state index contributed by atoms with van der Waals surface area (Å²) in [6.45, 7) is 2.92. The fourth-order valence-corrected chi connectivity index (χ4v) is 1.82. The highest BCUT2D eigenvalue weighted by Crippen LogP contribution is 2.11. The summed E-state index contributed by atoms with van der Waals surface area (Å²) in [4.78, 5) is 14.0. The Morgan fingerprint density at radius 3 is 2.84 bits per heavy atom. The van der Waals surface area contributed by atoms with Crippen LogP contribution in [0.5, 0.6) is 0 Å². The predicted octanol–water partition coefficient (Wildman–Crippen LogP) is 2.81. The molecule has 4 nitrogen and oxygen atoms in total. The lowest BCUT2D eigenvalue weighted by atomic mass is 10.1. The van der Waals surface area contributed by atoms with Crippen molar-refractivity contribution in [3.05, 3.63) is 59.5 Å². The normalized spacial score (nSPS) is 9.89. The molecule has 0 atom stereocenters. The van der Waals surface area contributed by atoms with E-state index < -0.39 is 0 Å². The summed E-state index contributed by atoms with van der Waals surface area (Å²) in [5.74, 6) is 0.641. The molecule has 0 saturated carbocycles. The smallest absolute Gasteiger partial charge is 0.254 e. The van der Waals surface area contributed by atoms with E-state index in [0.29, 0.717) is 24.2 Å². The lowest BCUT2D eigenvalue weighted by Crippen LogP contribution is -2.30. The average molecular weight is 254 g/mol. The van der Waals surface area contributed by atoms with Crippen molar-refractivity contribution in [1.82, 2.24) is 4.90 Å². The van der Waals surface area contributed by atoms with Crippen molar-refractivity contribution in [2.24, 2.45) is 0 Å². The fraction of sp³-hybridized carbons (Fsp3) is 0.200. The number of nitrogens with zero attached hydrogens (tertiary/aromatic N) is 2. The quantitative estimate of drug-likeness (QED) is 0.843. The van der Waals surface area contributed by atoms with Gasteiger partial charge in [0, 0.05) is 12.1 Å². The molecule has 0 N–H and O–H groups in total. The summed E-state index contributed by atoms with van der Waals surface area (Å²) in [6, 6.07) is 12.4. The van der Waals surface area contributed by atoms with Crippen LogP contribution in [0.15, 0.2) is 47.1 Å². The van der Waals surface area contributed by atoms with Crippen molar-refractivity contribution < 1.29 is 9.21 Å². The molecule has 4 heteroatoms. The highest BCUT2D eigenvalue weighted by molar-refractivity contribution is 5.94. The molecule has 0 saturated heterocycles. The third-order valence-electron chi connectivity index (χ3n) is 2.83. The number of hydrogen-bond donors (Lipinski definition) is 0. The molecule has 1 aromatic carbocycles. The fourth-order valence-electron chi connectivity index (χ4n) is 1.82. The third kappa shape index (κ3) is 3.02. The first-order valence-electron chi connectivity index (χ1n) is 6.06. The predicted molar refractivity (Wildman–Crippen MR) is 70.3 cm³/mol. The summed E-state index contributed by atoms with van der Waals surface area (Å²) < 4.78 is 5.25. The van der Waals surface area contributed by atoms with Gasteiger partial charge in [0.05, 0.1) is 24.4 Å². The number of amides is 1. The molecule has 96 valence electrons. The Balaban J connectivity index is 2.18. The van der Waals surface area contributed by atoms with Crippen LogP contribution in [0, 0.1) is 11.3 Å². The summed E-state index contributed by atoms with van der Waals surface area (Å²) in [6.07, 6.45) is 1.59. The van der Waals surface area contributed by atoms with Crippen molar-refractivity contribution in [3.8, 4) is 6.07 Å². The number of rotatable bonds is 4. The van der Waals surface area contributed by atoms with Gasteiger partial charge in [0.1, 0.15) is 5.76 Å². The van der Waals surface area contributed by atoms with Crippen LogP contribution in [0.2, 0.25) is 0 Å². The maximum Gasteiger partial charge on any atom is 0.254 e. The Morgan fingerprint density at radius 1 is 1.37 bits per heavy atom. The second kappa shape index (κ2) is 5.87. The standard InChI is InChI=1S/C15H14N2O2/c1-2-17(11-14-7-4-8-19-14)15(18)13-6-3-5-12(9-13)10-16/h3-9H,2,11H2,1H3. The second-order valence-electron chi connectivity index (χ2n) is 4.09. The molecule has 0 unspecified atom stereocenters. The zero-order valence-corrected chi connectivity index (χ0v) is 10.7. The Bertz CT molecular complexity index is 597. The molecule has 0 radical (unpaired) electrons. The maximum absolute atomic E-state index is 12.3. The Kier molecular flexibility index (Phi) is 3.99. The summed E-state index contributed by atoms with van der Waals surface area (Å²) in [5, 5.41) is 8.86. The molecule has 2 rings (SSSR count). The highest BCUT2D eigenvalue weighted by atomic mass is 16.3. The number of benzene rings is 1. The number of nitriles is 1. The molecule has 1 aromatic heterocycles. The minimum atomic E-state index is -0.101. The lowest BCUT2D eigenvalue weighted by molar-refractivity contribution is 0.0741.